The van der Waals surface area contributed by atoms with E-state index >= 15 is 0 Å². The summed E-state index contributed by atoms with van der Waals surface area (Å²) in [6.45, 7) is 11.4. The number of hydrogen-bond donors (Lipinski definition) is 1. The Morgan fingerprint density at radius 1 is 1.08 bits per heavy atom. The highest BCUT2D eigenvalue weighted by atomic mass is 16.1. The second kappa shape index (κ2) is 7.83. The predicted molar refractivity (Wildman–Crippen MR) is 104 cm³/mol. The predicted octanol–water partition coefficient (Wildman–Crippen LogP) is 3.22. The molecule has 0 unspecified atom stereocenters. The van der Waals surface area contributed by atoms with Crippen molar-refractivity contribution in [3.63, 3.8) is 0 Å². The molecule has 138 valence electrons. The molecule has 3 aromatic rings. The molecule has 0 fully saturated rings. The lowest BCUT2D eigenvalue weighted by Gasteiger charge is -2.25. The van der Waals surface area contributed by atoms with Crippen LogP contribution in [-0.2, 0) is 6.54 Å². The number of para-hydroxylation sites is 1. The first-order chi connectivity index (χ1) is 12.4. The van der Waals surface area contributed by atoms with Gasteiger partial charge < -0.3 is 4.98 Å². The average Bonchev–Trinajstić information content (AvgIpc) is 2.99. The fourth-order valence-electron chi connectivity index (χ4n) is 3.25. The van der Waals surface area contributed by atoms with Crippen LogP contribution in [0.15, 0.2) is 41.3 Å². The number of nitrogens with zero attached hydrogens (tertiary/aromatic N) is 4. The van der Waals surface area contributed by atoms with Crippen LogP contribution >= 0.6 is 0 Å². The van der Waals surface area contributed by atoms with Crippen molar-refractivity contribution < 1.29 is 0 Å². The molecule has 26 heavy (non-hydrogen) atoms. The van der Waals surface area contributed by atoms with Gasteiger partial charge in [0.1, 0.15) is 11.2 Å². The Hall–Kier alpha value is -2.47. The molecule has 2 aromatic heterocycles. The minimum Gasteiger partial charge on any atom is -0.309 e. The molecule has 0 atom stereocenters. The van der Waals surface area contributed by atoms with Gasteiger partial charge in [0.25, 0.3) is 5.56 Å². The van der Waals surface area contributed by atoms with Gasteiger partial charge in [-0.25, -0.2) is 9.67 Å². The fraction of sp³-hybridized carbons (Fsp3) is 0.450. The lowest BCUT2D eigenvalue weighted by molar-refractivity contribution is 0.207. The normalized spacial score (nSPS) is 12.0. The molecule has 0 aliphatic heterocycles. The zero-order chi connectivity index (χ0) is 18.7. The van der Waals surface area contributed by atoms with Crippen LogP contribution < -0.4 is 5.56 Å². The number of fused-ring (bicyclic) bond motifs is 1. The van der Waals surface area contributed by atoms with Crippen molar-refractivity contribution in [1.29, 1.82) is 0 Å². The van der Waals surface area contributed by atoms with Crippen molar-refractivity contribution in [3.8, 4) is 5.69 Å². The summed E-state index contributed by atoms with van der Waals surface area (Å²) in [6, 6.07) is 9.77. The molecule has 6 nitrogen and oxygen atoms in total. The summed E-state index contributed by atoms with van der Waals surface area (Å²) in [5, 5.41) is 4.87. The van der Waals surface area contributed by atoms with Crippen LogP contribution in [0.1, 0.15) is 33.5 Å². The number of aromatic amines is 1. The van der Waals surface area contributed by atoms with E-state index in [-0.39, 0.29) is 5.56 Å². The Kier molecular flexibility index (Phi) is 5.52. The first-order valence-corrected chi connectivity index (χ1v) is 9.18. The summed E-state index contributed by atoms with van der Waals surface area (Å²) in [6.07, 6.45) is 1.58. The van der Waals surface area contributed by atoms with Gasteiger partial charge in [-0.3, -0.25) is 9.69 Å². The van der Waals surface area contributed by atoms with Crippen LogP contribution in [0.3, 0.4) is 0 Å². The summed E-state index contributed by atoms with van der Waals surface area (Å²) in [5.74, 6) is 1.79. The maximum absolute atomic E-state index is 12.5. The molecule has 0 amide bonds. The van der Waals surface area contributed by atoms with Crippen LogP contribution in [0.25, 0.3) is 16.7 Å². The zero-order valence-electron chi connectivity index (χ0n) is 15.9. The van der Waals surface area contributed by atoms with Gasteiger partial charge in [0.15, 0.2) is 5.65 Å². The molecule has 0 aliphatic carbocycles. The van der Waals surface area contributed by atoms with Crippen LogP contribution in [0.5, 0.6) is 0 Å². The van der Waals surface area contributed by atoms with Crippen molar-refractivity contribution in [3.05, 3.63) is 52.7 Å². The molecule has 0 aliphatic rings. The Balaban J connectivity index is 1.97. The molecule has 2 heterocycles. The van der Waals surface area contributed by atoms with Gasteiger partial charge in [0, 0.05) is 13.1 Å². The molecule has 0 bridgehead atoms. The summed E-state index contributed by atoms with van der Waals surface area (Å²) in [5.41, 5.74) is 1.36. The maximum Gasteiger partial charge on any atom is 0.262 e. The molecule has 3 rings (SSSR count). The Morgan fingerprint density at radius 3 is 2.35 bits per heavy atom. The number of benzene rings is 1. The van der Waals surface area contributed by atoms with Gasteiger partial charge in [0.05, 0.1) is 18.4 Å². The lowest BCUT2D eigenvalue weighted by atomic mass is 10.1. The lowest BCUT2D eigenvalue weighted by Crippen LogP contribution is -2.32. The second-order valence-electron chi connectivity index (χ2n) is 7.62. The minimum absolute atomic E-state index is 0.138. The van der Waals surface area contributed by atoms with Crippen molar-refractivity contribution in [2.75, 3.05) is 13.1 Å². The van der Waals surface area contributed by atoms with Crippen molar-refractivity contribution in [2.24, 2.45) is 11.8 Å². The van der Waals surface area contributed by atoms with E-state index in [0.717, 1.165) is 18.8 Å². The van der Waals surface area contributed by atoms with Gasteiger partial charge >= 0.3 is 0 Å². The smallest absolute Gasteiger partial charge is 0.262 e. The van der Waals surface area contributed by atoms with Crippen LogP contribution in [0.4, 0.5) is 0 Å². The second-order valence-corrected chi connectivity index (χ2v) is 7.62. The van der Waals surface area contributed by atoms with E-state index in [9.17, 15) is 4.79 Å². The van der Waals surface area contributed by atoms with E-state index in [2.05, 4.69) is 42.7 Å². The average molecular weight is 353 g/mol. The first-order valence-electron chi connectivity index (χ1n) is 9.18. The molecular formula is C20H27N5O. The van der Waals surface area contributed by atoms with Gasteiger partial charge in [-0.05, 0) is 24.0 Å². The molecule has 0 radical (unpaired) electrons. The zero-order valence-corrected chi connectivity index (χ0v) is 15.9. The third-order valence-corrected chi connectivity index (χ3v) is 4.11. The maximum atomic E-state index is 12.5. The Morgan fingerprint density at radius 2 is 1.73 bits per heavy atom. The number of nitrogens with one attached hydrogen (secondary N) is 1. The molecule has 0 saturated carbocycles. The minimum atomic E-state index is -0.138. The third kappa shape index (κ3) is 4.19. The molecular weight excluding hydrogens is 326 g/mol. The van der Waals surface area contributed by atoms with E-state index in [1.165, 1.54) is 0 Å². The standard InChI is InChI=1S/C20H27N5O/c1-14(2)11-24(12-15(3)4)13-18-22-19-17(20(26)23-18)10-21-25(19)16-8-6-5-7-9-16/h5-10,14-15H,11-13H2,1-4H3,(H,22,23,26). The van der Waals surface area contributed by atoms with E-state index in [4.69, 9.17) is 4.98 Å². The van der Waals surface area contributed by atoms with Crippen molar-refractivity contribution in [2.45, 2.75) is 34.2 Å². The summed E-state index contributed by atoms with van der Waals surface area (Å²) in [4.78, 5) is 22.5. The van der Waals surface area contributed by atoms with Gasteiger partial charge in [0.2, 0.25) is 0 Å². The Bertz CT molecular complexity index is 901. The largest absolute Gasteiger partial charge is 0.309 e. The Labute approximate surface area is 153 Å². The van der Waals surface area contributed by atoms with E-state index in [1.54, 1.807) is 10.9 Å². The van der Waals surface area contributed by atoms with Gasteiger partial charge in [-0.2, -0.15) is 5.10 Å². The third-order valence-electron chi connectivity index (χ3n) is 4.11. The van der Waals surface area contributed by atoms with E-state index in [1.807, 2.05) is 30.3 Å². The highest BCUT2D eigenvalue weighted by Crippen LogP contribution is 2.14. The molecule has 1 N–H and O–H groups in total. The van der Waals surface area contributed by atoms with Gasteiger partial charge in [-0.1, -0.05) is 45.9 Å². The first kappa shape index (κ1) is 18.3. The number of H-pyrrole nitrogens is 1. The van der Waals surface area contributed by atoms with Crippen LogP contribution in [0, 0.1) is 11.8 Å². The SMILES string of the molecule is CC(C)CN(Cc1nc2c(cnn2-c2ccccc2)c(=O)[nH]1)CC(C)C. The van der Waals surface area contributed by atoms with Crippen molar-refractivity contribution in [1.82, 2.24) is 24.6 Å². The van der Waals surface area contributed by atoms with E-state index < -0.39 is 0 Å². The number of rotatable bonds is 7. The topological polar surface area (TPSA) is 66.8 Å². The van der Waals surface area contributed by atoms with Crippen LogP contribution in [-0.4, -0.2) is 37.7 Å². The summed E-state index contributed by atoms with van der Waals surface area (Å²) in [7, 11) is 0. The highest BCUT2D eigenvalue weighted by molar-refractivity contribution is 5.75. The van der Waals surface area contributed by atoms with E-state index in [0.29, 0.717) is 35.2 Å². The highest BCUT2D eigenvalue weighted by Gasteiger charge is 2.15. The van der Waals surface area contributed by atoms with Crippen molar-refractivity contribution >= 4 is 11.0 Å². The quantitative estimate of drug-likeness (QED) is 0.708. The fourth-order valence-corrected chi connectivity index (χ4v) is 3.25. The molecule has 0 saturated heterocycles. The molecule has 6 heteroatoms. The van der Waals surface area contributed by atoms with Gasteiger partial charge in [-0.15, -0.1) is 0 Å². The molecule has 0 spiro atoms. The number of hydrogen-bond acceptors (Lipinski definition) is 4. The van der Waals surface area contributed by atoms with Crippen LogP contribution in [0.2, 0.25) is 0 Å². The molecule has 1 aromatic carbocycles. The summed E-state index contributed by atoms with van der Waals surface area (Å²) < 4.78 is 1.73. The summed E-state index contributed by atoms with van der Waals surface area (Å²) >= 11 is 0. The monoisotopic (exact) mass is 353 g/mol. The number of aromatic nitrogens is 4.